The van der Waals surface area contributed by atoms with Gasteiger partial charge in [0.1, 0.15) is 11.8 Å². The lowest BCUT2D eigenvalue weighted by atomic mass is 10.2. The minimum absolute atomic E-state index is 0.0159. The highest BCUT2D eigenvalue weighted by atomic mass is 16.5. The van der Waals surface area contributed by atoms with Crippen molar-refractivity contribution in [2.45, 2.75) is 19.4 Å². The zero-order valence-corrected chi connectivity index (χ0v) is 11.9. The summed E-state index contributed by atoms with van der Waals surface area (Å²) in [6.07, 6.45) is 0.443. The number of methoxy groups -OCH3 is 1. The van der Waals surface area contributed by atoms with Crippen molar-refractivity contribution in [2.24, 2.45) is 0 Å². The largest absolute Gasteiger partial charge is 0.497 e. The Bertz CT molecular complexity index is 476. The van der Waals surface area contributed by atoms with Crippen LogP contribution in [0.5, 0.6) is 5.75 Å². The third-order valence-corrected chi connectivity index (χ3v) is 2.95. The number of hydrogen-bond donors (Lipinski definition) is 2. The van der Waals surface area contributed by atoms with E-state index in [1.165, 1.54) is 4.90 Å². The molecule has 0 radical (unpaired) electrons. The van der Waals surface area contributed by atoms with E-state index in [9.17, 15) is 9.59 Å². The van der Waals surface area contributed by atoms with Crippen molar-refractivity contribution >= 4 is 17.6 Å². The predicted octanol–water partition coefficient (Wildman–Crippen LogP) is 1.43. The Morgan fingerprint density at radius 3 is 2.70 bits per heavy atom. The fourth-order valence-corrected chi connectivity index (χ4v) is 1.91. The van der Waals surface area contributed by atoms with Gasteiger partial charge >= 0.3 is 5.97 Å². The summed E-state index contributed by atoms with van der Waals surface area (Å²) in [6.45, 7) is 1.79. The number of amides is 1. The lowest BCUT2D eigenvalue weighted by Gasteiger charge is -2.22. The molecule has 0 aliphatic carbocycles. The number of nitrogens with one attached hydrogen (secondary N) is 1. The van der Waals surface area contributed by atoms with Crippen LogP contribution in [-0.2, 0) is 9.59 Å². The highest BCUT2D eigenvalue weighted by Gasteiger charge is 2.22. The molecule has 0 heterocycles. The molecule has 0 saturated carbocycles. The second kappa shape index (κ2) is 7.49. The molecule has 0 fully saturated rings. The lowest BCUT2D eigenvalue weighted by Crippen LogP contribution is -2.42. The molecule has 110 valence electrons. The van der Waals surface area contributed by atoms with E-state index in [1.807, 2.05) is 0 Å². The summed E-state index contributed by atoms with van der Waals surface area (Å²) in [5.74, 6) is -0.544. The van der Waals surface area contributed by atoms with E-state index in [4.69, 9.17) is 9.84 Å². The second-order valence-electron chi connectivity index (χ2n) is 4.46. The van der Waals surface area contributed by atoms with Crippen molar-refractivity contribution in [1.29, 1.82) is 0 Å². The second-order valence-corrected chi connectivity index (χ2v) is 4.46. The minimum Gasteiger partial charge on any atom is -0.497 e. The van der Waals surface area contributed by atoms with Gasteiger partial charge in [0.25, 0.3) is 0 Å². The average molecular weight is 280 g/mol. The summed E-state index contributed by atoms with van der Waals surface area (Å²) in [4.78, 5) is 24.4. The number of nitrogens with zero attached hydrogens (tertiary/aromatic N) is 1. The van der Waals surface area contributed by atoms with E-state index in [2.05, 4.69) is 5.32 Å². The van der Waals surface area contributed by atoms with Crippen LogP contribution in [0.4, 0.5) is 5.69 Å². The number of ether oxygens (including phenoxy) is 1. The van der Waals surface area contributed by atoms with Gasteiger partial charge in [0.2, 0.25) is 5.91 Å². The molecule has 6 nitrogen and oxygen atoms in total. The Kier molecular flexibility index (Phi) is 5.99. The fraction of sp³-hybridized carbons (Fsp3) is 0.429. The van der Waals surface area contributed by atoms with Crippen LogP contribution in [-0.4, -0.2) is 48.6 Å². The summed E-state index contributed by atoms with van der Waals surface area (Å²) < 4.78 is 5.07. The molecule has 0 aromatic heterocycles. The van der Waals surface area contributed by atoms with Gasteiger partial charge in [-0.25, -0.2) is 0 Å². The molecule has 0 saturated heterocycles. The topological polar surface area (TPSA) is 78.9 Å². The molecule has 1 unspecified atom stereocenters. The maximum atomic E-state index is 11.9. The van der Waals surface area contributed by atoms with Crippen LogP contribution in [0, 0.1) is 0 Å². The number of aliphatic carboxylic acids is 1. The van der Waals surface area contributed by atoms with Crippen molar-refractivity contribution in [2.75, 3.05) is 26.0 Å². The number of likely N-dealkylation sites (N-methyl/N-ethyl adjacent to an activating group) is 1. The van der Waals surface area contributed by atoms with Gasteiger partial charge < -0.3 is 15.2 Å². The monoisotopic (exact) mass is 280 g/mol. The number of carbonyl (C=O) groups is 2. The quantitative estimate of drug-likeness (QED) is 0.790. The number of benzene rings is 1. The summed E-state index contributed by atoms with van der Waals surface area (Å²) >= 11 is 0. The molecule has 0 spiro atoms. The van der Waals surface area contributed by atoms with E-state index in [0.717, 1.165) is 0 Å². The van der Waals surface area contributed by atoms with E-state index in [1.54, 1.807) is 45.3 Å². The first-order chi connectivity index (χ1) is 9.47. The van der Waals surface area contributed by atoms with Gasteiger partial charge in [-0.05, 0) is 25.6 Å². The van der Waals surface area contributed by atoms with Crippen molar-refractivity contribution in [3.05, 3.63) is 24.3 Å². The molecule has 0 aliphatic heterocycles. The first-order valence-electron chi connectivity index (χ1n) is 6.34. The maximum Gasteiger partial charge on any atom is 0.320 e. The zero-order valence-electron chi connectivity index (χ0n) is 11.9. The fourth-order valence-electron chi connectivity index (χ4n) is 1.91. The standard InChI is InChI=1S/C14H20N2O4/c1-4-12(14(18)19)16(2)9-13(17)15-10-6-5-7-11(8-10)20-3/h5-8,12H,4,9H2,1-3H3,(H,15,17)(H,18,19). The molecule has 0 bridgehead atoms. The smallest absolute Gasteiger partial charge is 0.320 e. The van der Waals surface area contributed by atoms with Crippen LogP contribution in [0.25, 0.3) is 0 Å². The lowest BCUT2D eigenvalue weighted by molar-refractivity contribution is -0.143. The number of anilines is 1. The Balaban J connectivity index is 2.60. The molecule has 2 N–H and O–H groups in total. The van der Waals surface area contributed by atoms with Gasteiger partial charge in [0.15, 0.2) is 0 Å². The van der Waals surface area contributed by atoms with E-state index >= 15 is 0 Å². The maximum absolute atomic E-state index is 11.9. The molecule has 6 heteroatoms. The molecule has 1 atom stereocenters. The molecular formula is C14H20N2O4. The summed E-state index contributed by atoms with van der Waals surface area (Å²) in [7, 11) is 3.17. The molecule has 1 aromatic carbocycles. The Morgan fingerprint density at radius 1 is 1.45 bits per heavy atom. The average Bonchev–Trinajstić information content (AvgIpc) is 2.38. The predicted molar refractivity (Wildman–Crippen MR) is 76.0 cm³/mol. The van der Waals surface area contributed by atoms with Crippen molar-refractivity contribution in [3.8, 4) is 5.75 Å². The molecular weight excluding hydrogens is 260 g/mol. The van der Waals surface area contributed by atoms with Gasteiger partial charge in [-0.2, -0.15) is 0 Å². The normalized spacial score (nSPS) is 12.0. The van der Waals surface area contributed by atoms with Gasteiger partial charge in [0.05, 0.1) is 13.7 Å². The first-order valence-corrected chi connectivity index (χ1v) is 6.34. The van der Waals surface area contributed by atoms with E-state index < -0.39 is 12.0 Å². The Labute approximate surface area is 118 Å². The van der Waals surface area contributed by atoms with Crippen LogP contribution < -0.4 is 10.1 Å². The number of hydrogen-bond acceptors (Lipinski definition) is 4. The van der Waals surface area contributed by atoms with Crippen LogP contribution in [0.3, 0.4) is 0 Å². The summed E-state index contributed by atoms with van der Waals surface area (Å²) in [5.41, 5.74) is 0.617. The van der Waals surface area contributed by atoms with Crippen molar-refractivity contribution in [1.82, 2.24) is 4.90 Å². The minimum atomic E-state index is -0.927. The molecule has 0 aliphatic rings. The molecule has 1 rings (SSSR count). The van der Waals surface area contributed by atoms with Crippen LogP contribution >= 0.6 is 0 Å². The summed E-state index contributed by atoms with van der Waals surface area (Å²) in [6, 6.07) is 6.33. The van der Waals surface area contributed by atoms with E-state index in [-0.39, 0.29) is 12.5 Å². The third-order valence-electron chi connectivity index (χ3n) is 2.95. The van der Waals surface area contributed by atoms with Gasteiger partial charge in [-0.15, -0.1) is 0 Å². The van der Waals surface area contributed by atoms with E-state index in [0.29, 0.717) is 17.9 Å². The Morgan fingerprint density at radius 2 is 2.15 bits per heavy atom. The van der Waals surface area contributed by atoms with Crippen LogP contribution in [0.2, 0.25) is 0 Å². The van der Waals surface area contributed by atoms with Crippen molar-refractivity contribution in [3.63, 3.8) is 0 Å². The number of rotatable bonds is 7. The number of carboxylic acids is 1. The van der Waals surface area contributed by atoms with Gasteiger partial charge in [0, 0.05) is 11.8 Å². The number of carboxylic acid groups (broad SMARTS) is 1. The highest BCUT2D eigenvalue weighted by molar-refractivity contribution is 5.92. The zero-order chi connectivity index (χ0) is 15.1. The number of carbonyl (C=O) groups excluding carboxylic acids is 1. The summed E-state index contributed by atoms with van der Waals surface area (Å²) in [5, 5.41) is 11.7. The Hall–Kier alpha value is -2.08. The van der Waals surface area contributed by atoms with Crippen LogP contribution in [0.1, 0.15) is 13.3 Å². The van der Waals surface area contributed by atoms with Gasteiger partial charge in [-0.3, -0.25) is 14.5 Å². The van der Waals surface area contributed by atoms with Gasteiger partial charge in [-0.1, -0.05) is 13.0 Å². The van der Waals surface area contributed by atoms with Crippen LogP contribution in [0.15, 0.2) is 24.3 Å². The third kappa shape index (κ3) is 4.55. The SMILES string of the molecule is CCC(C(=O)O)N(C)CC(=O)Nc1cccc(OC)c1. The first kappa shape index (κ1) is 16.0. The van der Waals surface area contributed by atoms with Crippen molar-refractivity contribution < 1.29 is 19.4 Å². The highest BCUT2D eigenvalue weighted by Crippen LogP contribution is 2.16. The molecule has 20 heavy (non-hydrogen) atoms. The molecule has 1 aromatic rings. The molecule has 1 amide bonds.